The van der Waals surface area contributed by atoms with Crippen molar-refractivity contribution in [1.29, 1.82) is 0 Å². The van der Waals surface area contributed by atoms with Gasteiger partial charge in [-0.05, 0) is 41.5 Å². The number of benzene rings is 3. The Bertz CT molecular complexity index is 1110. The molecule has 26 heavy (non-hydrogen) atoms. The normalized spacial score (nSPS) is 11.9. The van der Waals surface area contributed by atoms with Gasteiger partial charge in [-0.25, -0.2) is 4.98 Å². The van der Waals surface area contributed by atoms with Crippen LogP contribution in [0.15, 0.2) is 91.1 Å². The molecule has 0 radical (unpaired) electrons. The minimum absolute atomic E-state index is 0.238. The van der Waals surface area contributed by atoms with Gasteiger partial charge >= 0.3 is 0 Å². The van der Waals surface area contributed by atoms with Gasteiger partial charge in [-0.2, -0.15) is 0 Å². The zero-order valence-corrected chi connectivity index (χ0v) is 14.0. The zero-order chi connectivity index (χ0) is 17.5. The molecule has 0 spiro atoms. The third-order valence-corrected chi connectivity index (χ3v) is 4.75. The van der Waals surface area contributed by atoms with Crippen LogP contribution in [0.3, 0.4) is 0 Å². The summed E-state index contributed by atoms with van der Waals surface area (Å²) in [6, 6.07) is 28.1. The van der Waals surface area contributed by atoms with Crippen molar-refractivity contribution in [2.75, 3.05) is 4.90 Å². The second-order valence-corrected chi connectivity index (χ2v) is 6.29. The summed E-state index contributed by atoms with van der Waals surface area (Å²) in [5, 5.41) is 10.2. The van der Waals surface area contributed by atoms with Gasteiger partial charge in [0.05, 0.1) is 11.4 Å². The van der Waals surface area contributed by atoms with Gasteiger partial charge in [0, 0.05) is 23.4 Å². The van der Waals surface area contributed by atoms with Gasteiger partial charge in [-0.15, -0.1) is 0 Å². The smallest absolute Gasteiger partial charge is 0.137 e. The molecule has 0 unspecified atom stereocenters. The molecule has 0 saturated heterocycles. The topological polar surface area (TPSA) is 36.4 Å². The zero-order valence-electron chi connectivity index (χ0n) is 14.0. The fourth-order valence-electron chi connectivity index (χ4n) is 3.64. The van der Waals surface area contributed by atoms with E-state index in [2.05, 4.69) is 52.3 Å². The SMILES string of the molecule is Oc1ccc2c(c1)N(c1ccccn1)c1ccccc1-c1ccccc1-2. The van der Waals surface area contributed by atoms with Crippen LogP contribution >= 0.6 is 0 Å². The summed E-state index contributed by atoms with van der Waals surface area (Å²) in [7, 11) is 0. The minimum atomic E-state index is 0.238. The van der Waals surface area contributed by atoms with Crippen LogP contribution in [0.5, 0.6) is 5.75 Å². The summed E-state index contributed by atoms with van der Waals surface area (Å²) in [6.07, 6.45) is 1.79. The highest BCUT2D eigenvalue weighted by molar-refractivity contribution is 6.02. The number of hydrogen-bond acceptors (Lipinski definition) is 3. The second kappa shape index (κ2) is 5.74. The Labute approximate surface area is 151 Å². The maximum absolute atomic E-state index is 10.2. The molecule has 4 aromatic rings. The van der Waals surface area contributed by atoms with E-state index in [0.29, 0.717) is 0 Å². The van der Waals surface area contributed by atoms with Gasteiger partial charge < -0.3 is 5.11 Å². The number of nitrogens with zero attached hydrogens (tertiary/aromatic N) is 2. The number of anilines is 3. The van der Waals surface area contributed by atoms with Crippen LogP contribution in [0.25, 0.3) is 22.3 Å². The van der Waals surface area contributed by atoms with E-state index in [1.165, 1.54) is 5.56 Å². The second-order valence-electron chi connectivity index (χ2n) is 6.29. The van der Waals surface area contributed by atoms with Crippen LogP contribution in [0, 0.1) is 0 Å². The van der Waals surface area contributed by atoms with E-state index in [0.717, 1.165) is 33.9 Å². The van der Waals surface area contributed by atoms with Gasteiger partial charge in [-0.3, -0.25) is 4.90 Å². The molecule has 0 atom stereocenters. The first-order valence-corrected chi connectivity index (χ1v) is 8.56. The largest absolute Gasteiger partial charge is 0.508 e. The molecule has 3 nitrogen and oxygen atoms in total. The van der Waals surface area contributed by atoms with Gasteiger partial charge in [0.25, 0.3) is 0 Å². The highest BCUT2D eigenvalue weighted by Crippen LogP contribution is 2.50. The molecule has 0 aliphatic carbocycles. The number of fused-ring (bicyclic) bond motifs is 5. The van der Waals surface area contributed by atoms with E-state index in [1.54, 1.807) is 12.3 Å². The molecule has 1 aromatic heterocycles. The Morgan fingerprint density at radius 1 is 0.615 bits per heavy atom. The molecule has 1 N–H and O–H groups in total. The van der Waals surface area contributed by atoms with E-state index >= 15 is 0 Å². The molecule has 0 bridgehead atoms. The van der Waals surface area contributed by atoms with Crippen molar-refractivity contribution in [2.45, 2.75) is 0 Å². The van der Waals surface area contributed by atoms with Crippen LogP contribution < -0.4 is 4.90 Å². The Morgan fingerprint density at radius 3 is 2.00 bits per heavy atom. The first-order chi connectivity index (χ1) is 12.8. The fourth-order valence-corrected chi connectivity index (χ4v) is 3.64. The maximum Gasteiger partial charge on any atom is 0.137 e. The summed E-state index contributed by atoms with van der Waals surface area (Å²) in [4.78, 5) is 6.69. The monoisotopic (exact) mass is 336 g/mol. The number of phenols is 1. The van der Waals surface area contributed by atoms with Crippen molar-refractivity contribution in [3.8, 4) is 28.0 Å². The molecule has 0 fully saturated rings. The molecule has 2 heterocycles. The van der Waals surface area contributed by atoms with Gasteiger partial charge in [-0.1, -0.05) is 48.5 Å². The molecular weight excluding hydrogens is 320 g/mol. The molecule has 5 rings (SSSR count). The lowest BCUT2D eigenvalue weighted by Gasteiger charge is -2.26. The highest BCUT2D eigenvalue weighted by Gasteiger charge is 2.26. The lowest BCUT2D eigenvalue weighted by Crippen LogP contribution is -2.12. The first kappa shape index (κ1) is 14.7. The Kier molecular flexibility index (Phi) is 3.25. The molecule has 3 aromatic carbocycles. The van der Waals surface area contributed by atoms with Crippen molar-refractivity contribution in [3.05, 3.63) is 91.1 Å². The first-order valence-electron chi connectivity index (χ1n) is 8.56. The molecule has 1 aliphatic rings. The number of aromatic nitrogens is 1. The van der Waals surface area contributed by atoms with E-state index in [-0.39, 0.29) is 5.75 Å². The number of phenolic OH excluding ortho intramolecular Hbond substituents is 1. The Hall–Kier alpha value is -3.59. The van der Waals surface area contributed by atoms with Crippen LogP contribution in [0.2, 0.25) is 0 Å². The van der Waals surface area contributed by atoms with E-state index in [1.807, 2.05) is 36.4 Å². The quantitative estimate of drug-likeness (QED) is 0.414. The van der Waals surface area contributed by atoms with E-state index in [4.69, 9.17) is 0 Å². The van der Waals surface area contributed by atoms with Gasteiger partial charge in [0.2, 0.25) is 0 Å². The number of rotatable bonds is 1. The number of pyridine rings is 1. The predicted molar refractivity (Wildman–Crippen MR) is 105 cm³/mol. The average molecular weight is 336 g/mol. The van der Waals surface area contributed by atoms with Crippen LogP contribution in [-0.2, 0) is 0 Å². The summed E-state index contributed by atoms with van der Waals surface area (Å²) in [5.41, 5.74) is 6.50. The van der Waals surface area contributed by atoms with E-state index in [9.17, 15) is 5.11 Å². The molecule has 3 heteroatoms. The van der Waals surface area contributed by atoms with Gasteiger partial charge in [0.1, 0.15) is 11.6 Å². The van der Waals surface area contributed by atoms with Crippen LogP contribution in [0.4, 0.5) is 17.2 Å². The molecular formula is C23H16N2O. The predicted octanol–water partition coefficient (Wildman–Crippen LogP) is 5.90. The highest BCUT2D eigenvalue weighted by atomic mass is 16.3. The standard InChI is InChI=1S/C23H16N2O/c26-16-12-13-20-18-8-2-1-7-17(18)19-9-3-4-10-21(19)25(22(20)15-16)23-11-5-6-14-24-23/h1-15,26H. The third-order valence-electron chi connectivity index (χ3n) is 4.75. The summed E-state index contributed by atoms with van der Waals surface area (Å²) in [6.45, 7) is 0. The van der Waals surface area contributed by atoms with Gasteiger partial charge in [0.15, 0.2) is 0 Å². The lowest BCUT2D eigenvalue weighted by atomic mass is 9.95. The summed E-state index contributed by atoms with van der Waals surface area (Å²) >= 11 is 0. The van der Waals surface area contributed by atoms with Crippen LogP contribution in [-0.4, -0.2) is 10.1 Å². The van der Waals surface area contributed by atoms with Crippen molar-refractivity contribution in [3.63, 3.8) is 0 Å². The summed E-state index contributed by atoms with van der Waals surface area (Å²) < 4.78 is 0. The summed E-state index contributed by atoms with van der Waals surface area (Å²) in [5.74, 6) is 1.06. The third kappa shape index (κ3) is 2.18. The lowest BCUT2D eigenvalue weighted by molar-refractivity contribution is 0.475. The Balaban J connectivity index is 1.93. The number of aromatic hydroxyl groups is 1. The average Bonchev–Trinajstić information content (AvgIpc) is 2.81. The Morgan fingerprint density at radius 2 is 1.27 bits per heavy atom. The molecule has 124 valence electrons. The van der Waals surface area contributed by atoms with E-state index < -0.39 is 0 Å². The van der Waals surface area contributed by atoms with Crippen molar-refractivity contribution < 1.29 is 5.11 Å². The molecule has 0 amide bonds. The molecule has 1 aliphatic heterocycles. The number of hydrogen-bond donors (Lipinski definition) is 1. The van der Waals surface area contributed by atoms with Crippen molar-refractivity contribution >= 4 is 17.2 Å². The van der Waals surface area contributed by atoms with Crippen molar-refractivity contribution in [2.24, 2.45) is 0 Å². The minimum Gasteiger partial charge on any atom is -0.508 e. The molecule has 0 saturated carbocycles. The fraction of sp³-hybridized carbons (Fsp3) is 0. The number of para-hydroxylation sites is 1. The van der Waals surface area contributed by atoms with Crippen molar-refractivity contribution in [1.82, 2.24) is 4.98 Å². The maximum atomic E-state index is 10.2. The van der Waals surface area contributed by atoms with Crippen LogP contribution in [0.1, 0.15) is 0 Å².